The third kappa shape index (κ3) is 4.61. The molecule has 0 saturated carbocycles. The van der Waals surface area contributed by atoms with Gasteiger partial charge in [0.25, 0.3) is 0 Å². The molecule has 156 valence electrons. The highest BCUT2D eigenvalue weighted by Crippen LogP contribution is 2.27. The molecule has 0 aliphatic carbocycles. The van der Waals surface area contributed by atoms with Gasteiger partial charge in [0, 0.05) is 48.7 Å². The van der Waals surface area contributed by atoms with Crippen molar-refractivity contribution in [1.82, 2.24) is 9.80 Å². The highest BCUT2D eigenvalue weighted by atomic mass is 32.1. The lowest BCUT2D eigenvalue weighted by molar-refractivity contribution is -0.121. The highest BCUT2D eigenvalue weighted by molar-refractivity contribution is 7.17. The standard InChI is InChI=1S/C24H27N3O2S/c1-17(24(29)25-21-9-7-19(8-10-21)18(2)28)27-13-11-26(12-14-27)15-20-16-30-23-6-4-3-5-22(20)23/h3-10,16-17H,11-15H2,1-2H3,(H,25,29)/t17-/m0/s1. The number of ketones is 1. The van der Waals surface area contributed by atoms with Crippen molar-refractivity contribution in [3.05, 3.63) is 65.0 Å². The monoisotopic (exact) mass is 421 g/mol. The van der Waals surface area contributed by atoms with Crippen molar-refractivity contribution < 1.29 is 9.59 Å². The Hall–Kier alpha value is -2.54. The maximum atomic E-state index is 12.7. The van der Waals surface area contributed by atoms with Gasteiger partial charge in [-0.1, -0.05) is 18.2 Å². The molecular formula is C24H27N3O2S. The smallest absolute Gasteiger partial charge is 0.241 e. The van der Waals surface area contributed by atoms with Crippen LogP contribution in [0.2, 0.25) is 0 Å². The van der Waals surface area contributed by atoms with E-state index >= 15 is 0 Å². The van der Waals surface area contributed by atoms with E-state index < -0.39 is 0 Å². The molecule has 5 nitrogen and oxygen atoms in total. The molecule has 0 spiro atoms. The lowest BCUT2D eigenvalue weighted by Gasteiger charge is -2.37. The zero-order valence-corrected chi connectivity index (χ0v) is 18.2. The van der Waals surface area contributed by atoms with Gasteiger partial charge in [-0.25, -0.2) is 0 Å². The lowest BCUT2D eigenvalue weighted by atomic mass is 10.1. The summed E-state index contributed by atoms with van der Waals surface area (Å²) in [4.78, 5) is 28.8. The summed E-state index contributed by atoms with van der Waals surface area (Å²) < 4.78 is 1.34. The third-order valence-electron chi connectivity index (χ3n) is 5.85. The molecule has 0 radical (unpaired) electrons. The molecule has 1 fully saturated rings. The van der Waals surface area contributed by atoms with Crippen LogP contribution in [0.5, 0.6) is 0 Å². The summed E-state index contributed by atoms with van der Waals surface area (Å²) in [5, 5.41) is 6.59. The van der Waals surface area contributed by atoms with Crippen LogP contribution in [0.15, 0.2) is 53.9 Å². The average Bonchev–Trinajstić information content (AvgIpc) is 3.17. The Morgan fingerprint density at radius 3 is 2.43 bits per heavy atom. The number of carbonyl (C=O) groups is 2. The van der Waals surface area contributed by atoms with E-state index in [1.807, 2.05) is 6.92 Å². The number of piperazine rings is 1. The van der Waals surface area contributed by atoms with E-state index in [2.05, 4.69) is 44.8 Å². The first kappa shape index (κ1) is 20.7. The zero-order chi connectivity index (χ0) is 21.1. The van der Waals surface area contributed by atoms with Crippen LogP contribution in [-0.2, 0) is 11.3 Å². The number of anilines is 1. The number of amides is 1. The molecule has 1 atom stereocenters. The van der Waals surface area contributed by atoms with Gasteiger partial charge in [0.1, 0.15) is 0 Å². The number of carbonyl (C=O) groups excluding carboxylic acids is 2. The van der Waals surface area contributed by atoms with Gasteiger partial charge >= 0.3 is 0 Å². The molecule has 1 N–H and O–H groups in total. The van der Waals surface area contributed by atoms with Crippen LogP contribution in [0.4, 0.5) is 5.69 Å². The average molecular weight is 422 g/mol. The number of benzene rings is 2. The lowest BCUT2D eigenvalue weighted by Crippen LogP contribution is -2.52. The molecule has 2 heterocycles. The second-order valence-electron chi connectivity index (χ2n) is 7.87. The van der Waals surface area contributed by atoms with Crippen LogP contribution in [0, 0.1) is 0 Å². The minimum Gasteiger partial charge on any atom is -0.325 e. The Kier molecular flexibility index (Phi) is 6.27. The SMILES string of the molecule is CC(=O)c1ccc(NC(=O)[C@H](C)N2CCN(Cc3csc4ccccc34)CC2)cc1. The van der Waals surface area contributed by atoms with Crippen LogP contribution in [-0.4, -0.2) is 53.7 Å². The summed E-state index contributed by atoms with van der Waals surface area (Å²) in [7, 11) is 0. The molecule has 1 aliphatic rings. The molecule has 1 amide bonds. The fraction of sp³-hybridized carbons (Fsp3) is 0.333. The molecule has 30 heavy (non-hydrogen) atoms. The Morgan fingerprint density at radius 1 is 1.03 bits per heavy atom. The molecule has 3 aromatic rings. The van der Waals surface area contributed by atoms with Gasteiger partial charge in [-0.2, -0.15) is 0 Å². The number of fused-ring (bicyclic) bond motifs is 1. The van der Waals surface area contributed by atoms with Crippen LogP contribution in [0.1, 0.15) is 29.8 Å². The predicted octanol–water partition coefficient (Wildman–Crippen LogP) is 4.25. The van der Waals surface area contributed by atoms with Crippen molar-refractivity contribution in [2.75, 3.05) is 31.5 Å². The highest BCUT2D eigenvalue weighted by Gasteiger charge is 2.26. The van der Waals surface area contributed by atoms with E-state index in [-0.39, 0.29) is 17.7 Å². The van der Waals surface area contributed by atoms with Crippen molar-refractivity contribution >= 4 is 38.8 Å². The van der Waals surface area contributed by atoms with Gasteiger partial charge in [-0.3, -0.25) is 19.4 Å². The maximum absolute atomic E-state index is 12.7. The molecule has 0 bridgehead atoms. The van der Waals surface area contributed by atoms with Crippen molar-refractivity contribution in [3.8, 4) is 0 Å². The van der Waals surface area contributed by atoms with E-state index in [4.69, 9.17) is 0 Å². The van der Waals surface area contributed by atoms with Gasteiger partial charge in [0.15, 0.2) is 5.78 Å². The van der Waals surface area contributed by atoms with Crippen LogP contribution >= 0.6 is 11.3 Å². The zero-order valence-electron chi connectivity index (χ0n) is 17.4. The van der Waals surface area contributed by atoms with Crippen molar-refractivity contribution in [2.24, 2.45) is 0 Å². The predicted molar refractivity (Wildman–Crippen MR) is 123 cm³/mol. The minimum atomic E-state index is -0.193. The number of hydrogen-bond acceptors (Lipinski definition) is 5. The van der Waals surface area contributed by atoms with Gasteiger partial charge < -0.3 is 5.32 Å². The summed E-state index contributed by atoms with van der Waals surface area (Å²) in [6, 6.07) is 15.4. The first-order valence-corrected chi connectivity index (χ1v) is 11.2. The second-order valence-corrected chi connectivity index (χ2v) is 8.78. The van der Waals surface area contributed by atoms with E-state index in [0.717, 1.165) is 38.4 Å². The first-order valence-electron chi connectivity index (χ1n) is 10.3. The minimum absolute atomic E-state index is 0.0112. The quantitative estimate of drug-likeness (QED) is 0.605. The van der Waals surface area contributed by atoms with Gasteiger partial charge in [-0.15, -0.1) is 11.3 Å². The first-order chi connectivity index (χ1) is 14.5. The molecule has 4 rings (SSSR count). The summed E-state index contributed by atoms with van der Waals surface area (Å²) in [5.74, 6) is 0.0115. The molecule has 2 aromatic carbocycles. The Bertz CT molecular complexity index is 1040. The normalized spacial score (nSPS) is 16.5. The Morgan fingerprint density at radius 2 is 1.73 bits per heavy atom. The van der Waals surface area contributed by atoms with E-state index in [0.29, 0.717) is 5.56 Å². The molecule has 1 aliphatic heterocycles. The summed E-state index contributed by atoms with van der Waals surface area (Å²) >= 11 is 1.81. The fourth-order valence-electron chi connectivity index (χ4n) is 3.91. The molecule has 1 saturated heterocycles. The topological polar surface area (TPSA) is 52.7 Å². The number of hydrogen-bond donors (Lipinski definition) is 1. The Balaban J connectivity index is 1.29. The molecule has 0 unspecified atom stereocenters. The van der Waals surface area contributed by atoms with Crippen molar-refractivity contribution in [1.29, 1.82) is 0 Å². The van der Waals surface area contributed by atoms with E-state index in [9.17, 15) is 9.59 Å². The molecule has 6 heteroatoms. The van der Waals surface area contributed by atoms with Gasteiger partial charge in [0.05, 0.1) is 6.04 Å². The number of thiophene rings is 1. The van der Waals surface area contributed by atoms with Gasteiger partial charge in [0.2, 0.25) is 5.91 Å². The van der Waals surface area contributed by atoms with Crippen LogP contribution in [0.25, 0.3) is 10.1 Å². The maximum Gasteiger partial charge on any atom is 0.241 e. The summed E-state index contributed by atoms with van der Waals surface area (Å²) in [6.45, 7) is 8.11. The largest absolute Gasteiger partial charge is 0.325 e. The number of nitrogens with zero attached hydrogens (tertiary/aromatic N) is 2. The van der Waals surface area contributed by atoms with E-state index in [1.165, 1.54) is 22.6 Å². The Labute approximate surface area is 181 Å². The second kappa shape index (κ2) is 9.08. The summed E-state index contributed by atoms with van der Waals surface area (Å²) in [5.41, 5.74) is 2.76. The third-order valence-corrected chi connectivity index (χ3v) is 6.86. The molecular weight excluding hydrogens is 394 g/mol. The molecule has 1 aromatic heterocycles. The van der Waals surface area contributed by atoms with Crippen LogP contribution in [0.3, 0.4) is 0 Å². The number of Topliss-reactive ketones (excluding diaryl/α,β-unsaturated/α-hetero) is 1. The van der Waals surface area contributed by atoms with Crippen molar-refractivity contribution in [3.63, 3.8) is 0 Å². The number of rotatable bonds is 6. The summed E-state index contributed by atoms with van der Waals surface area (Å²) in [6.07, 6.45) is 0. The van der Waals surface area contributed by atoms with E-state index in [1.54, 1.807) is 35.6 Å². The number of nitrogens with one attached hydrogen (secondary N) is 1. The van der Waals surface area contributed by atoms with Crippen molar-refractivity contribution in [2.45, 2.75) is 26.4 Å². The fourth-order valence-corrected chi connectivity index (χ4v) is 4.86. The van der Waals surface area contributed by atoms with Crippen LogP contribution < -0.4 is 5.32 Å². The van der Waals surface area contributed by atoms with Gasteiger partial charge in [-0.05, 0) is 60.5 Å².